The second-order valence-corrected chi connectivity index (χ2v) is 6.73. The van der Waals surface area contributed by atoms with Crippen LogP contribution in [-0.4, -0.2) is 24.0 Å². The molecule has 1 N–H and O–H groups in total. The molecule has 4 rings (SSSR count). The number of nitrogens with zero attached hydrogens (tertiary/aromatic N) is 2. The van der Waals surface area contributed by atoms with Gasteiger partial charge in [0.05, 0.1) is 18.2 Å². The monoisotopic (exact) mass is 369 g/mol. The molecule has 0 radical (unpaired) electrons. The first-order valence-electron chi connectivity index (χ1n) is 9.20. The van der Waals surface area contributed by atoms with Gasteiger partial charge in [-0.3, -0.25) is 9.78 Å². The van der Waals surface area contributed by atoms with Gasteiger partial charge in [-0.15, -0.1) is 0 Å². The van der Waals surface area contributed by atoms with Gasteiger partial charge in [0.1, 0.15) is 5.75 Å². The average molecular weight is 369 g/mol. The van der Waals surface area contributed by atoms with Crippen molar-refractivity contribution in [2.24, 2.45) is 0 Å². The normalized spacial score (nSPS) is 14.6. The minimum atomic E-state index is -0.0915. The van der Waals surface area contributed by atoms with Crippen molar-refractivity contribution in [3.63, 3.8) is 0 Å². The average Bonchev–Trinajstić information content (AvgIpc) is 3.16. The molecule has 3 aromatic rings. The molecular formula is C23H19N3O2. The predicted molar refractivity (Wildman–Crippen MR) is 106 cm³/mol. The number of carbonyl (C=O) groups is 1. The SMILES string of the molecule is N#Cc1ccc2c(c1)C(CCNC(=O)c1ccc(-c3ccncc3)cc1)CO2. The summed E-state index contributed by atoms with van der Waals surface area (Å²) in [6, 6.07) is 19.1. The van der Waals surface area contributed by atoms with Crippen LogP contribution in [-0.2, 0) is 0 Å². The Labute approximate surface area is 163 Å². The highest BCUT2D eigenvalue weighted by molar-refractivity contribution is 5.94. The molecule has 1 aliphatic rings. The Morgan fingerprint density at radius 3 is 2.61 bits per heavy atom. The predicted octanol–water partition coefficient (Wildman–Crippen LogP) is 3.92. The van der Waals surface area contributed by atoms with Crippen LogP contribution in [0.15, 0.2) is 67.0 Å². The highest BCUT2D eigenvalue weighted by Gasteiger charge is 2.24. The fraction of sp³-hybridized carbons (Fsp3) is 0.174. The van der Waals surface area contributed by atoms with Crippen LogP contribution >= 0.6 is 0 Å². The lowest BCUT2D eigenvalue weighted by Gasteiger charge is -2.10. The number of rotatable bonds is 5. The van der Waals surface area contributed by atoms with Gasteiger partial charge in [0.2, 0.25) is 0 Å². The van der Waals surface area contributed by atoms with Crippen LogP contribution in [0.3, 0.4) is 0 Å². The Bertz CT molecular complexity index is 1020. The van der Waals surface area contributed by atoms with E-state index in [9.17, 15) is 4.79 Å². The van der Waals surface area contributed by atoms with E-state index in [0.29, 0.717) is 24.3 Å². The Morgan fingerprint density at radius 2 is 1.86 bits per heavy atom. The molecule has 138 valence electrons. The van der Waals surface area contributed by atoms with Gasteiger partial charge in [0.15, 0.2) is 0 Å². The molecule has 28 heavy (non-hydrogen) atoms. The molecule has 1 aromatic heterocycles. The van der Waals surface area contributed by atoms with Gasteiger partial charge in [-0.2, -0.15) is 5.26 Å². The van der Waals surface area contributed by atoms with Crippen LogP contribution < -0.4 is 10.1 Å². The van der Waals surface area contributed by atoms with Gasteiger partial charge < -0.3 is 10.1 Å². The molecule has 5 heteroatoms. The molecule has 0 saturated heterocycles. The maximum Gasteiger partial charge on any atom is 0.251 e. The topological polar surface area (TPSA) is 75.0 Å². The van der Waals surface area contributed by atoms with E-state index in [1.165, 1.54) is 0 Å². The number of nitrogens with one attached hydrogen (secondary N) is 1. The van der Waals surface area contributed by atoms with Crippen LogP contribution in [0.5, 0.6) is 5.75 Å². The summed E-state index contributed by atoms with van der Waals surface area (Å²) in [4.78, 5) is 16.4. The summed E-state index contributed by atoms with van der Waals surface area (Å²) in [7, 11) is 0. The van der Waals surface area contributed by atoms with Crippen LogP contribution in [0.4, 0.5) is 0 Å². The standard InChI is InChI=1S/C23H19N3O2/c24-14-16-1-6-22-21(13-16)20(15-28-22)9-12-26-23(27)19-4-2-17(3-5-19)18-7-10-25-11-8-18/h1-8,10-11,13,20H,9,12,15H2,(H,26,27). The molecule has 1 unspecified atom stereocenters. The number of aromatic nitrogens is 1. The van der Waals surface area contributed by atoms with E-state index in [1.54, 1.807) is 18.5 Å². The number of amides is 1. The second-order valence-electron chi connectivity index (χ2n) is 6.73. The molecule has 0 bridgehead atoms. The summed E-state index contributed by atoms with van der Waals surface area (Å²) in [5.74, 6) is 0.936. The Hall–Kier alpha value is -3.65. The van der Waals surface area contributed by atoms with Gasteiger partial charge in [0, 0.05) is 36.0 Å². The Kier molecular flexibility index (Phi) is 5.03. The number of fused-ring (bicyclic) bond motifs is 1. The molecule has 0 fully saturated rings. The minimum Gasteiger partial charge on any atom is -0.493 e. The van der Waals surface area contributed by atoms with E-state index in [0.717, 1.165) is 28.9 Å². The summed E-state index contributed by atoms with van der Waals surface area (Å²) >= 11 is 0. The Morgan fingerprint density at radius 1 is 1.11 bits per heavy atom. The first kappa shape index (κ1) is 17.7. The molecule has 1 atom stereocenters. The van der Waals surface area contributed by atoms with Gasteiger partial charge in [-0.25, -0.2) is 0 Å². The molecule has 0 aliphatic carbocycles. The molecule has 1 aliphatic heterocycles. The van der Waals surface area contributed by atoms with Crippen LogP contribution in [0.1, 0.15) is 33.8 Å². The fourth-order valence-electron chi connectivity index (χ4n) is 3.41. The smallest absolute Gasteiger partial charge is 0.251 e. The molecule has 2 aromatic carbocycles. The summed E-state index contributed by atoms with van der Waals surface area (Å²) in [6.07, 6.45) is 4.27. The highest BCUT2D eigenvalue weighted by atomic mass is 16.5. The van der Waals surface area contributed by atoms with Gasteiger partial charge >= 0.3 is 0 Å². The Balaban J connectivity index is 1.34. The van der Waals surface area contributed by atoms with Gasteiger partial charge in [-0.05, 0) is 60.0 Å². The van der Waals surface area contributed by atoms with Gasteiger partial charge in [-0.1, -0.05) is 12.1 Å². The number of pyridine rings is 1. The van der Waals surface area contributed by atoms with Crippen molar-refractivity contribution in [3.8, 4) is 22.9 Å². The van der Waals surface area contributed by atoms with Crippen molar-refractivity contribution in [2.75, 3.05) is 13.2 Å². The maximum absolute atomic E-state index is 12.4. The number of ether oxygens (including phenoxy) is 1. The zero-order valence-corrected chi connectivity index (χ0v) is 15.3. The first-order chi connectivity index (χ1) is 13.7. The molecule has 0 spiro atoms. The van der Waals surface area contributed by atoms with Crippen molar-refractivity contribution < 1.29 is 9.53 Å². The number of hydrogen-bond donors (Lipinski definition) is 1. The zero-order chi connectivity index (χ0) is 19.3. The van der Waals surface area contributed by atoms with Crippen LogP contribution in [0, 0.1) is 11.3 Å². The third-order valence-electron chi connectivity index (χ3n) is 4.96. The van der Waals surface area contributed by atoms with Crippen LogP contribution in [0.2, 0.25) is 0 Å². The zero-order valence-electron chi connectivity index (χ0n) is 15.3. The molecule has 0 saturated carbocycles. The van der Waals surface area contributed by atoms with E-state index in [-0.39, 0.29) is 11.8 Å². The minimum absolute atomic E-state index is 0.0915. The van der Waals surface area contributed by atoms with E-state index in [2.05, 4.69) is 16.4 Å². The largest absolute Gasteiger partial charge is 0.493 e. The number of nitriles is 1. The quantitative estimate of drug-likeness (QED) is 0.740. The second kappa shape index (κ2) is 7.93. The third kappa shape index (κ3) is 3.72. The molecule has 5 nitrogen and oxygen atoms in total. The summed E-state index contributed by atoms with van der Waals surface area (Å²) < 4.78 is 5.68. The maximum atomic E-state index is 12.4. The van der Waals surface area contributed by atoms with Gasteiger partial charge in [0.25, 0.3) is 5.91 Å². The summed E-state index contributed by atoms with van der Waals surface area (Å²) in [6.45, 7) is 1.13. The first-order valence-corrected chi connectivity index (χ1v) is 9.20. The summed E-state index contributed by atoms with van der Waals surface area (Å²) in [5.41, 5.74) is 4.43. The van der Waals surface area contributed by atoms with E-state index < -0.39 is 0 Å². The summed E-state index contributed by atoms with van der Waals surface area (Å²) in [5, 5.41) is 12.0. The highest BCUT2D eigenvalue weighted by Crippen LogP contribution is 2.36. The van der Waals surface area contributed by atoms with Crippen molar-refractivity contribution >= 4 is 5.91 Å². The van der Waals surface area contributed by atoms with Crippen molar-refractivity contribution in [1.29, 1.82) is 5.26 Å². The van der Waals surface area contributed by atoms with Crippen LogP contribution in [0.25, 0.3) is 11.1 Å². The lowest BCUT2D eigenvalue weighted by atomic mass is 9.96. The lowest BCUT2D eigenvalue weighted by Crippen LogP contribution is -2.25. The number of carbonyl (C=O) groups excluding carboxylic acids is 1. The van der Waals surface area contributed by atoms with Crippen molar-refractivity contribution in [1.82, 2.24) is 10.3 Å². The number of benzene rings is 2. The van der Waals surface area contributed by atoms with Crippen molar-refractivity contribution in [2.45, 2.75) is 12.3 Å². The molecule has 1 amide bonds. The number of hydrogen-bond acceptors (Lipinski definition) is 4. The van der Waals surface area contributed by atoms with E-state index in [4.69, 9.17) is 10.00 Å². The lowest BCUT2D eigenvalue weighted by molar-refractivity contribution is 0.0952. The molecule has 2 heterocycles. The van der Waals surface area contributed by atoms with E-state index >= 15 is 0 Å². The fourth-order valence-corrected chi connectivity index (χ4v) is 3.41. The van der Waals surface area contributed by atoms with E-state index in [1.807, 2.05) is 48.5 Å². The molecular weight excluding hydrogens is 350 g/mol. The third-order valence-corrected chi connectivity index (χ3v) is 4.96. The van der Waals surface area contributed by atoms with Crippen molar-refractivity contribution in [3.05, 3.63) is 83.7 Å².